The molecule has 0 bridgehead atoms. The smallest absolute Gasteiger partial charge is 0.270 e. The van der Waals surface area contributed by atoms with Gasteiger partial charge in [-0.05, 0) is 42.3 Å². The van der Waals surface area contributed by atoms with E-state index in [2.05, 4.69) is 4.90 Å². The van der Waals surface area contributed by atoms with Crippen molar-refractivity contribution in [3.8, 4) is 11.5 Å². The van der Waals surface area contributed by atoms with Crippen LogP contribution >= 0.6 is 0 Å². The Kier molecular flexibility index (Phi) is 9.12. The maximum Gasteiger partial charge on any atom is 0.270 e. The molecule has 2 aliphatic heterocycles. The van der Waals surface area contributed by atoms with Crippen molar-refractivity contribution in [1.82, 2.24) is 14.7 Å². The van der Waals surface area contributed by atoms with Gasteiger partial charge in [-0.25, -0.2) is 0 Å². The number of furan rings is 1. The second kappa shape index (κ2) is 13.3. The average Bonchev–Trinajstić information content (AvgIpc) is 3.68. The van der Waals surface area contributed by atoms with E-state index in [-0.39, 0.29) is 43.6 Å². The van der Waals surface area contributed by atoms with Gasteiger partial charge < -0.3 is 28.4 Å². The summed E-state index contributed by atoms with van der Waals surface area (Å²) in [6, 6.07) is 14.6. The third-order valence-electron chi connectivity index (χ3n) is 7.01. The van der Waals surface area contributed by atoms with Crippen molar-refractivity contribution >= 4 is 17.5 Å². The molecule has 3 aromatic rings. The molecule has 0 aliphatic carbocycles. The predicted octanol–water partition coefficient (Wildman–Crippen LogP) is 3.31. The van der Waals surface area contributed by atoms with Gasteiger partial charge in [0.15, 0.2) is 11.5 Å². The lowest BCUT2D eigenvalue weighted by molar-refractivity contribution is -0.384. The van der Waals surface area contributed by atoms with Crippen molar-refractivity contribution in [3.63, 3.8) is 0 Å². The minimum absolute atomic E-state index is 0.146. The number of hydrogen-bond acceptors (Lipinski definition) is 9. The summed E-state index contributed by atoms with van der Waals surface area (Å²) in [5.74, 6) is 1.13. The molecule has 0 radical (unpaired) electrons. The number of non-ortho nitro benzene ring substituents is 1. The maximum atomic E-state index is 13.8. The molecular formula is C29H32N4O8. The minimum atomic E-state index is -0.541. The highest BCUT2D eigenvalue weighted by molar-refractivity contribution is 5.97. The number of nitrogens with zero attached hydrogens (tertiary/aromatic N) is 4. The number of morpholine rings is 1. The number of amides is 2. The second-order valence-electron chi connectivity index (χ2n) is 9.86. The summed E-state index contributed by atoms with van der Waals surface area (Å²) < 4.78 is 21.8. The number of nitro benzene ring substituents is 1. The van der Waals surface area contributed by atoms with E-state index in [1.807, 2.05) is 12.1 Å². The lowest BCUT2D eigenvalue weighted by Crippen LogP contribution is -2.44. The Morgan fingerprint density at radius 1 is 0.951 bits per heavy atom. The average molecular weight is 565 g/mol. The van der Waals surface area contributed by atoms with Gasteiger partial charge in [0.1, 0.15) is 12.3 Å². The summed E-state index contributed by atoms with van der Waals surface area (Å²) in [6.45, 7) is 4.40. The molecular weight excluding hydrogens is 532 g/mol. The monoisotopic (exact) mass is 564 g/mol. The Bertz CT molecular complexity index is 1360. The molecule has 3 heterocycles. The van der Waals surface area contributed by atoms with Crippen molar-refractivity contribution in [3.05, 3.63) is 87.9 Å². The van der Waals surface area contributed by atoms with E-state index >= 15 is 0 Å². The third-order valence-corrected chi connectivity index (χ3v) is 7.01. The van der Waals surface area contributed by atoms with Gasteiger partial charge in [-0.3, -0.25) is 24.6 Å². The van der Waals surface area contributed by atoms with Crippen LogP contribution in [0.25, 0.3) is 0 Å². The van der Waals surface area contributed by atoms with Crippen LogP contribution in [0.1, 0.15) is 28.1 Å². The number of nitro groups is 1. The zero-order valence-corrected chi connectivity index (χ0v) is 22.6. The lowest BCUT2D eigenvalue weighted by Gasteiger charge is -2.30. The molecule has 0 N–H and O–H groups in total. The summed E-state index contributed by atoms with van der Waals surface area (Å²) in [5, 5.41) is 11.3. The van der Waals surface area contributed by atoms with E-state index in [0.717, 1.165) is 25.2 Å². The van der Waals surface area contributed by atoms with Gasteiger partial charge in [0, 0.05) is 50.4 Å². The number of carbonyl (C=O) groups excluding carboxylic acids is 2. The molecule has 2 aromatic carbocycles. The van der Waals surface area contributed by atoms with Crippen LogP contribution in [-0.4, -0.2) is 84.2 Å². The van der Waals surface area contributed by atoms with Crippen LogP contribution in [0.5, 0.6) is 11.5 Å². The van der Waals surface area contributed by atoms with E-state index in [4.69, 9.17) is 18.6 Å². The summed E-state index contributed by atoms with van der Waals surface area (Å²) in [6.07, 6.45) is 2.18. The van der Waals surface area contributed by atoms with E-state index in [9.17, 15) is 19.7 Å². The Morgan fingerprint density at radius 3 is 2.56 bits per heavy atom. The molecule has 2 amide bonds. The van der Waals surface area contributed by atoms with Crippen molar-refractivity contribution < 1.29 is 33.1 Å². The topological polar surface area (TPSA) is 128 Å². The standard InChI is InChI=1S/C29H32N4O8/c34-28(32(19-25-6-2-13-39-25)18-22-7-8-26-27(16-22)41-21-40-26)20-31(10-3-9-30-11-14-38-15-12-30)29(35)23-4-1-5-24(17-23)33(36)37/h1-2,4-8,13,16-17H,3,9-12,14-15,18-21H2. The van der Waals surface area contributed by atoms with Crippen molar-refractivity contribution in [2.24, 2.45) is 0 Å². The Hall–Kier alpha value is -4.42. The molecule has 1 aromatic heterocycles. The summed E-state index contributed by atoms with van der Waals surface area (Å²) in [4.78, 5) is 43.5. The van der Waals surface area contributed by atoms with E-state index < -0.39 is 10.8 Å². The van der Waals surface area contributed by atoms with Gasteiger partial charge in [-0.1, -0.05) is 12.1 Å². The molecule has 12 nitrogen and oxygen atoms in total. The quantitative estimate of drug-likeness (QED) is 0.240. The number of fused-ring (bicyclic) bond motifs is 1. The minimum Gasteiger partial charge on any atom is -0.467 e. The number of rotatable bonds is 12. The molecule has 1 fully saturated rings. The Balaban J connectivity index is 1.34. The van der Waals surface area contributed by atoms with Crippen molar-refractivity contribution in [2.75, 3.05) is 52.7 Å². The van der Waals surface area contributed by atoms with E-state index in [0.29, 0.717) is 43.4 Å². The molecule has 1 saturated heterocycles. The predicted molar refractivity (Wildman–Crippen MR) is 146 cm³/mol. The van der Waals surface area contributed by atoms with Crippen LogP contribution in [0, 0.1) is 10.1 Å². The molecule has 12 heteroatoms. The second-order valence-corrected chi connectivity index (χ2v) is 9.86. The van der Waals surface area contributed by atoms with Gasteiger partial charge >= 0.3 is 0 Å². The Labute approximate surface area is 237 Å². The zero-order valence-electron chi connectivity index (χ0n) is 22.6. The SMILES string of the molecule is O=C(CN(CCCN1CCOCC1)C(=O)c1cccc([N+](=O)[O-])c1)N(Cc1ccc2c(c1)OCO2)Cc1ccco1. The van der Waals surface area contributed by atoms with Gasteiger partial charge in [-0.2, -0.15) is 0 Å². The summed E-state index contributed by atoms with van der Waals surface area (Å²) >= 11 is 0. The third kappa shape index (κ3) is 7.41. The molecule has 0 atom stereocenters. The fourth-order valence-electron chi connectivity index (χ4n) is 4.84. The van der Waals surface area contributed by atoms with Crippen molar-refractivity contribution in [1.29, 1.82) is 0 Å². The summed E-state index contributed by atoms with van der Waals surface area (Å²) in [5.41, 5.74) is 0.808. The van der Waals surface area contributed by atoms with E-state index in [1.54, 1.807) is 29.4 Å². The highest BCUT2D eigenvalue weighted by Crippen LogP contribution is 2.33. The van der Waals surface area contributed by atoms with Gasteiger partial charge in [0.2, 0.25) is 12.7 Å². The Morgan fingerprint density at radius 2 is 1.78 bits per heavy atom. The molecule has 0 saturated carbocycles. The molecule has 5 rings (SSSR count). The van der Waals surface area contributed by atoms with Crippen molar-refractivity contribution in [2.45, 2.75) is 19.5 Å². The largest absolute Gasteiger partial charge is 0.467 e. The normalized spacial score (nSPS) is 14.5. The number of benzene rings is 2. The van der Waals surface area contributed by atoms with Gasteiger partial charge in [-0.15, -0.1) is 0 Å². The highest BCUT2D eigenvalue weighted by atomic mass is 16.7. The maximum absolute atomic E-state index is 13.8. The van der Waals surface area contributed by atoms with Gasteiger partial charge in [0.05, 0.1) is 30.9 Å². The van der Waals surface area contributed by atoms with Crippen LogP contribution in [0.4, 0.5) is 5.69 Å². The molecule has 216 valence electrons. The number of ether oxygens (including phenoxy) is 3. The fraction of sp³-hybridized carbons (Fsp3) is 0.379. The first kappa shape index (κ1) is 28.1. The van der Waals surface area contributed by atoms with Crippen LogP contribution in [0.15, 0.2) is 65.3 Å². The van der Waals surface area contributed by atoms with Gasteiger partial charge in [0.25, 0.3) is 11.6 Å². The van der Waals surface area contributed by atoms with E-state index in [1.165, 1.54) is 29.2 Å². The molecule has 0 spiro atoms. The first-order valence-electron chi connectivity index (χ1n) is 13.5. The molecule has 2 aliphatic rings. The molecule has 41 heavy (non-hydrogen) atoms. The van der Waals surface area contributed by atoms with Crippen LogP contribution < -0.4 is 9.47 Å². The first-order valence-corrected chi connectivity index (χ1v) is 13.5. The zero-order chi connectivity index (χ0) is 28.6. The van der Waals surface area contributed by atoms with Crippen LogP contribution in [-0.2, 0) is 22.6 Å². The lowest BCUT2D eigenvalue weighted by atomic mass is 10.1. The van der Waals surface area contributed by atoms with Crippen LogP contribution in [0.3, 0.4) is 0 Å². The summed E-state index contributed by atoms with van der Waals surface area (Å²) in [7, 11) is 0. The number of hydrogen-bond donors (Lipinski definition) is 0. The molecule has 0 unspecified atom stereocenters. The number of carbonyl (C=O) groups is 2. The highest BCUT2D eigenvalue weighted by Gasteiger charge is 2.25. The fourth-order valence-corrected chi connectivity index (χ4v) is 4.84. The first-order chi connectivity index (χ1) is 20.0. The van der Waals surface area contributed by atoms with Crippen LogP contribution in [0.2, 0.25) is 0 Å².